The highest BCUT2D eigenvalue weighted by molar-refractivity contribution is 5.87. The van der Waals surface area contributed by atoms with E-state index in [4.69, 9.17) is 0 Å². The topological polar surface area (TPSA) is 49.4 Å². The molecule has 2 amide bonds. The van der Waals surface area contributed by atoms with Gasteiger partial charge < -0.3 is 10.2 Å². The average molecular weight is 254 g/mol. The van der Waals surface area contributed by atoms with Gasteiger partial charge in [-0.25, -0.2) is 0 Å². The van der Waals surface area contributed by atoms with Crippen LogP contribution in [0.4, 0.5) is 0 Å². The summed E-state index contributed by atoms with van der Waals surface area (Å²) in [6.45, 7) is 10.3. The van der Waals surface area contributed by atoms with Crippen LogP contribution in [-0.4, -0.2) is 35.3 Å². The number of hydrogen-bond acceptors (Lipinski definition) is 2. The van der Waals surface area contributed by atoms with Crippen molar-refractivity contribution in [3.63, 3.8) is 0 Å². The predicted molar refractivity (Wildman–Crippen MR) is 72.0 cm³/mol. The summed E-state index contributed by atoms with van der Waals surface area (Å²) in [6.07, 6.45) is 2.30. The molecule has 0 spiro atoms. The van der Waals surface area contributed by atoms with E-state index in [2.05, 4.69) is 5.32 Å². The zero-order valence-electron chi connectivity index (χ0n) is 12.2. The molecule has 1 N–H and O–H groups in total. The van der Waals surface area contributed by atoms with Crippen LogP contribution in [0.3, 0.4) is 0 Å². The highest BCUT2D eigenvalue weighted by Gasteiger charge is 2.50. The second-order valence-electron chi connectivity index (χ2n) is 5.31. The van der Waals surface area contributed by atoms with Gasteiger partial charge in [-0.15, -0.1) is 0 Å². The van der Waals surface area contributed by atoms with E-state index in [-0.39, 0.29) is 23.8 Å². The SMILES string of the molecule is CC.CC(=O)NC(C(=O)N1CCC2CC21)C(C)C. The van der Waals surface area contributed by atoms with Gasteiger partial charge in [0.2, 0.25) is 11.8 Å². The summed E-state index contributed by atoms with van der Waals surface area (Å²) in [5.74, 6) is 0.872. The Morgan fingerprint density at radius 3 is 2.22 bits per heavy atom. The second kappa shape index (κ2) is 6.21. The summed E-state index contributed by atoms with van der Waals surface area (Å²) in [7, 11) is 0. The molecule has 3 unspecified atom stereocenters. The van der Waals surface area contributed by atoms with Crippen LogP contribution in [-0.2, 0) is 9.59 Å². The van der Waals surface area contributed by atoms with E-state index in [9.17, 15) is 9.59 Å². The van der Waals surface area contributed by atoms with E-state index in [1.165, 1.54) is 6.92 Å². The van der Waals surface area contributed by atoms with Gasteiger partial charge in [-0.1, -0.05) is 27.7 Å². The van der Waals surface area contributed by atoms with Crippen LogP contribution in [0.25, 0.3) is 0 Å². The predicted octanol–water partition coefficient (Wildman–Crippen LogP) is 1.79. The molecule has 0 radical (unpaired) electrons. The molecule has 0 bridgehead atoms. The number of carbonyl (C=O) groups is 2. The van der Waals surface area contributed by atoms with Gasteiger partial charge in [-0.3, -0.25) is 9.59 Å². The smallest absolute Gasteiger partial charge is 0.245 e. The lowest BCUT2D eigenvalue weighted by Gasteiger charge is -2.27. The van der Waals surface area contributed by atoms with Gasteiger partial charge in [-0.05, 0) is 24.7 Å². The first-order chi connectivity index (χ1) is 8.50. The van der Waals surface area contributed by atoms with Crippen LogP contribution in [0.15, 0.2) is 0 Å². The van der Waals surface area contributed by atoms with Crippen molar-refractivity contribution in [3.05, 3.63) is 0 Å². The molecule has 0 aromatic carbocycles. The lowest BCUT2D eigenvalue weighted by Crippen LogP contribution is -2.50. The summed E-state index contributed by atoms with van der Waals surface area (Å²) < 4.78 is 0. The van der Waals surface area contributed by atoms with E-state index in [0.29, 0.717) is 6.04 Å². The van der Waals surface area contributed by atoms with Gasteiger partial charge >= 0.3 is 0 Å². The molecule has 2 aliphatic rings. The molecular formula is C14H26N2O2. The molecule has 4 nitrogen and oxygen atoms in total. The van der Waals surface area contributed by atoms with Gasteiger partial charge in [0.05, 0.1) is 0 Å². The van der Waals surface area contributed by atoms with Crippen molar-refractivity contribution >= 4 is 11.8 Å². The summed E-state index contributed by atoms with van der Waals surface area (Å²) in [5, 5.41) is 2.76. The minimum Gasteiger partial charge on any atom is -0.344 e. The van der Waals surface area contributed by atoms with Crippen LogP contribution < -0.4 is 5.32 Å². The molecule has 2 rings (SSSR count). The normalized spacial score (nSPS) is 26.0. The maximum Gasteiger partial charge on any atom is 0.245 e. The van der Waals surface area contributed by atoms with Crippen molar-refractivity contribution in [3.8, 4) is 0 Å². The van der Waals surface area contributed by atoms with Crippen molar-refractivity contribution in [2.24, 2.45) is 11.8 Å². The fourth-order valence-electron chi connectivity index (χ4n) is 2.58. The monoisotopic (exact) mass is 254 g/mol. The Labute approximate surface area is 110 Å². The molecule has 2 fully saturated rings. The van der Waals surface area contributed by atoms with Crippen molar-refractivity contribution in [2.75, 3.05) is 6.54 Å². The summed E-state index contributed by atoms with van der Waals surface area (Å²) >= 11 is 0. The van der Waals surface area contributed by atoms with E-state index < -0.39 is 0 Å². The molecule has 0 aromatic heterocycles. The molecule has 1 heterocycles. The molecule has 4 heteroatoms. The third-order valence-electron chi connectivity index (χ3n) is 3.60. The number of carbonyl (C=O) groups excluding carboxylic acids is 2. The van der Waals surface area contributed by atoms with Crippen molar-refractivity contribution in [2.45, 2.75) is 59.5 Å². The van der Waals surface area contributed by atoms with E-state index in [1.807, 2.05) is 32.6 Å². The van der Waals surface area contributed by atoms with E-state index in [1.54, 1.807) is 0 Å². The Hall–Kier alpha value is -1.06. The van der Waals surface area contributed by atoms with Crippen molar-refractivity contribution in [1.82, 2.24) is 10.2 Å². The van der Waals surface area contributed by atoms with Crippen LogP contribution in [0.2, 0.25) is 0 Å². The van der Waals surface area contributed by atoms with Crippen molar-refractivity contribution in [1.29, 1.82) is 0 Å². The lowest BCUT2D eigenvalue weighted by molar-refractivity contribution is -0.137. The highest BCUT2D eigenvalue weighted by Crippen LogP contribution is 2.44. The largest absolute Gasteiger partial charge is 0.344 e. The second-order valence-corrected chi connectivity index (χ2v) is 5.31. The third kappa shape index (κ3) is 3.24. The Kier molecular flexibility index (Phi) is 5.17. The van der Waals surface area contributed by atoms with Crippen LogP contribution in [0.1, 0.15) is 47.5 Å². The number of nitrogens with zero attached hydrogens (tertiary/aromatic N) is 1. The van der Waals surface area contributed by atoms with Crippen LogP contribution in [0, 0.1) is 11.8 Å². The molecule has 1 saturated carbocycles. The molecule has 3 atom stereocenters. The van der Waals surface area contributed by atoms with Crippen molar-refractivity contribution < 1.29 is 9.59 Å². The quantitative estimate of drug-likeness (QED) is 0.835. The first kappa shape index (κ1) is 15.0. The van der Waals surface area contributed by atoms with Gasteiger partial charge in [0, 0.05) is 19.5 Å². The maximum atomic E-state index is 12.3. The third-order valence-corrected chi connectivity index (χ3v) is 3.60. The number of piperidine rings is 1. The van der Waals surface area contributed by atoms with Gasteiger partial charge in [0.1, 0.15) is 6.04 Å². The zero-order valence-corrected chi connectivity index (χ0v) is 12.2. The molecule has 104 valence electrons. The maximum absolute atomic E-state index is 12.3. The Bertz CT molecular complexity index is 315. The number of likely N-dealkylation sites (tertiary alicyclic amines) is 1. The number of hydrogen-bond donors (Lipinski definition) is 1. The summed E-state index contributed by atoms with van der Waals surface area (Å²) in [6, 6.07) is 0.124. The molecule has 18 heavy (non-hydrogen) atoms. The number of nitrogens with one attached hydrogen (secondary N) is 1. The lowest BCUT2D eigenvalue weighted by atomic mass is 10.0. The van der Waals surface area contributed by atoms with Gasteiger partial charge in [-0.2, -0.15) is 0 Å². The molecular weight excluding hydrogens is 228 g/mol. The van der Waals surface area contributed by atoms with Crippen LogP contribution >= 0.6 is 0 Å². The van der Waals surface area contributed by atoms with Gasteiger partial charge in [0.15, 0.2) is 0 Å². The number of amides is 2. The summed E-state index contributed by atoms with van der Waals surface area (Å²) in [4.78, 5) is 25.3. The molecule has 1 aliphatic carbocycles. The average Bonchev–Trinajstić information content (AvgIpc) is 2.99. The highest BCUT2D eigenvalue weighted by atomic mass is 16.2. The minimum absolute atomic E-state index is 0.107. The Balaban J connectivity index is 0.000000771. The Morgan fingerprint density at radius 1 is 1.28 bits per heavy atom. The first-order valence-corrected chi connectivity index (χ1v) is 7.08. The standard InChI is InChI=1S/C12H20N2O2.C2H6/c1-7(2)11(13-8(3)15)12(16)14-5-4-9-6-10(9)14;1-2/h7,9-11H,4-6H2,1-3H3,(H,13,15);1-2H3. The number of fused-ring (bicyclic) bond motifs is 1. The molecule has 1 saturated heterocycles. The van der Waals surface area contributed by atoms with Gasteiger partial charge in [0.25, 0.3) is 0 Å². The number of rotatable bonds is 3. The fourth-order valence-corrected chi connectivity index (χ4v) is 2.58. The Morgan fingerprint density at radius 2 is 1.89 bits per heavy atom. The minimum atomic E-state index is -0.350. The zero-order chi connectivity index (χ0) is 13.9. The summed E-state index contributed by atoms with van der Waals surface area (Å²) in [5.41, 5.74) is 0. The molecule has 0 aromatic rings. The van der Waals surface area contributed by atoms with Crippen LogP contribution in [0.5, 0.6) is 0 Å². The fraction of sp³-hybridized carbons (Fsp3) is 0.857. The van der Waals surface area contributed by atoms with E-state index in [0.717, 1.165) is 25.3 Å². The first-order valence-electron chi connectivity index (χ1n) is 7.08. The van der Waals surface area contributed by atoms with E-state index >= 15 is 0 Å². The molecule has 1 aliphatic heterocycles.